The van der Waals surface area contributed by atoms with E-state index < -0.39 is 5.41 Å². The van der Waals surface area contributed by atoms with Crippen LogP contribution in [0.25, 0.3) is 0 Å². The first-order chi connectivity index (χ1) is 7.41. The number of carbonyl (C=O) groups is 1. The molecule has 2 nitrogen and oxygen atoms in total. The van der Waals surface area contributed by atoms with Crippen LogP contribution in [-0.4, -0.2) is 13.0 Å². The van der Waals surface area contributed by atoms with Gasteiger partial charge in [-0.05, 0) is 25.5 Å². The lowest BCUT2D eigenvalue weighted by molar-refractivity contribution is -0.122. The van der Waals surface area contributed by atoms with Crippen LogP contribution in [0, 0.1) is 0 Å². The van der Waals surface area contributed by atoms with Crippen molar-refractivity contribution < 1.29 is 4.79 Å². The van der Waals surface area contributed by atoms with Crippen LogP contribution in [0.2, 0.25) is 10.0 Å². The molecule has 0 unspecified atom stereocenters. The molecule has 1 aromatic rings. The third-order valence-corrected chi connectivity index (χ3v) is 3.95. The van der Waals surface area contributed by atoms with Gasteiger partial charge in [0.05, 0.1) is 11.1 Å². The lowest BCUT2D eigenvalue weighted by Gasteiger charge is -2.21. The molecule has 0 bridgehead atoms. The second-order valence-electron chi connectivity index (χ2n) is 4.33. The van der Waals surface area contributed by atoms with Crippen LogP contribution in [0.4, 0.5) is 5.69 Å². The topological polar surface area (TPSA) is 20.3 Å². The van der Waals surface area contributed by atoms with E-state index in [1.165, 1.54) is 0 Å². The lowest BCUT2D eigenvalue weighted by atomic mass is 9.81. The summed E-state index contributed by atoms with van der Waals surface area (Å²) in [5.74, 6) is 0.0779. The summed E-state index contributed by atoms with van der Waals surface area (Å²) in [5, 5.41) is 1.13. The molecule has 1 heterocycles. The molecule has 0 saturated carbocycles. The molecule has 1 aliphatic heterocycles. The van der Waals surface area contributed by atoms with E-state index in [0.717, 1.165) is 17.7 Å². The van der Waals surface area contributed by atoms with Gasteiger partial charge in [-0.3, -0.25) is 4.79 Å². The Morgan fingerprint density at radius 1 is 1.38 bits per heavy atom. The van der Waals surface area contributed by atoms with E-state index in [-0.39, 0.29) is 5.91 Å². The van der Waals surface area contributed by atoms with Crippen molar-refractivity contribution in [3.8, 4) is 0 Å². The third kappa shape index (κ3) is 1.36. The molecular formula is C12H13Cl2NO. The molecule has 0 aliphatic carbocycles. The highest BCUT2D eigenvalue weighted by atomic mass is 35.5. The third-order valence-electron chi connectivity index (χ3n) is 3.43. The number of fused-ring (bicyclic) bond motifs is 1. The Bertz CT molecular complexity index is 472. The van der Waals surface area contributed by atoms with Crippen LogP contribution in [0.1, 0.15) is 25.8 Å². The fourth-order valence-electron chi connectivity index (χ4n) is 2.29. The van der Waals surface area contributed by atoms with E-state index in [2.05, 4.69) is 0 Å². The summed E-state index contributed by atoms with van der Waals surface area (Å²) < 4.78 is 0. The van der Waals surface area contributed by atoms with Gasteiger partial charge in [0, 0.05) is 22.7 Å². The molecule has 0 radical (unpaired) electrons. The Morgan fingerprint density at radius 2 is 2.00 bits per heavy atom. The first-order valence-corrected chi connectivity index (χ1v) is 5.95. The number of nitrogens with zero attached hydrogens (tertiary/aromatic N) is 1. The van der Waals surface area contributed by atoms with Crippen molar-refractivity contribution in [2.75, 3.05) is 11.9 Å². The number of rotatable bonds is 1. The number of halogens is 2. The Balaban J connectivity index is 2.75. The van der Waals surface area contributed by atoms with Gasteiger partial charge in [-0.25, -0.2) is 0 Å². The number of amides is 1. The number of benzene rings is 1. The standard InChI is InChI=1S/C12H13Cl2NO/c1-4-12(2)10-8(14)5-7(13)6-9(10)15(3)11(12)16/h5-6H,4H2,1-3H3/t12-/m0/s1. The highest BCUT2D eigenvalue weighted by Gasteiger charge is 2.46. The van der Waals surface area contributed by atoms with Crippen molar-refractivity contribution in [2.45, 2.75) is 25.7 Å². The summed E-state index contributed by atoms with van der Waals surface area (Å²) in [5.41, 5.74) is 1.20. The first kappa shape index (κ1) is 11.7. The van der Waals surface area contributed by atoms with E-state index in [0.29, 0.717) is 10.0 Å². The molecule has 0 aromatic heterocycles. The highest BCUT2D eigenvalue weighted by molar-refractivity contribution is 6.36. The van der Waals surface area contributed by atoms with Crippen LogP contribution >= 0.6 is 23.2 Å². The quantitative estimate of drug-likeness (QED) is 0.753. The molecule has 2 rings (SSSR count). The molecule has 16 heavy (non-hydrogen) atoms. The van der Waals surface area contributed by atoms with Gasteiger partial charge in [-0.1, -0.05) is 30.1 Å². The summed E-state index contributed by atoms with van der Waals surface area (Å²) in [6.07, 6.45) is 0.727. The fraction of sp³-hybridized carbons (Fsp3) is 0.417. The monoisotopic (exact) mass is 257 g/mol. The van der Waals surface area contributed by atoms with Gasteiger partial charge in [-0.2, -0.15) is 0 Å². The number of hydrogen-bond acceptors (Lipinski definition) is 1. The molecule has 1 aliphatic rings. The lowest BCUT2D eigenvalue weighted by Crippen LogP contribution is -2.35. The number of carbonyl (C=O) groups excluding carboxylic acids is 1. The van der Waals surface area contributed by atoms with Gasteiger partial charge >= 0.3 is 0 Å². The van der Waals surface area contributed by atoms with Crippen molar-refractivity contribution in [3.63, 3.8) is 0 Å². The SMILES string of the molecule is CC[C@]1(C)C(=O)N(C)c2cc(Cl)cc(Cl)c21. The van der Waals surface area contributed by atoms with E-state index in [1.54, 1.807) is 24.1 Å². The molecule has 0 fully saturated rings. The van der Waals surface area contributed by atoms with Crippen molar-refractivity contribution in [1.82, 2.24) is 0 Å². The average Bonchev–Trinajstić information content (AvgIpc) is 2.42. The predicted octanol–water partition coefficient (Wildman–Crippen LogP) is 3.64. The van der Waals surface area contributed by atoms with Gasteiger partial charge < -0.3 is 4.90 Å². The largest absolute Gasteiger partial charge is 0.314 e. The summed E-state index contributed by atoms with van der Waals surface area (Å²) >= 11 is 12.2. The Morgan fingerprint density at radius 3 is 2.56 bits per heavy atom. The van der Waals surface area contributed by atoms with Crippen molar-refractivity contribution in [1.29, 1.82) is 0 Å². The van der Waals surface area contributed by atoms with Crippen molar-refractivity contribution >= 4 is 34.8 Å². The van der Waals surface area contributed by atoms with E-state index in [4.69, 9.17) is 23.2 Å². The minimum absolute atomic E-state index is 0.0779. The van der Waals surface area contributed by atoms with Crippen LogP contribution in [0.15, 0.2) is 12.1 Å². The number of likely N-dealkylation sites (N-methyl/N-ethyl adjacent to an activating group) is 1. The van der Waals surface area contributed by atoms with Gasteiger partial charge in [0.15, 0.2) is 0 Å². The molecule has 0 saturated heterocycles. The van der Waals surface area contributed by atoms with Gasteiger partial charge in [0.25, 0.3) is 0 Å². The van der Waals surface area contributed by atoms with E-state index in [1.807, 2.05) is 13.8 Å². The fourth-order valence-corrected chi connectivity index (χ4v) is 2.98. The summed E-state index contributed by atoms with van der Waals surface area (Å²) in [7, 11) is 1.76. The second-order valence-corrected chi connectivity index (χ2v) is 5.18. The van der Waals surface area contributed by atoms with Crippen molar-refractivity contribution in [2.24, 2.45) is 0 Å². The first-order valence-electron chi connectivity index (χ1n) is 5.19. The molecule has 0 spiro atoms. The highest BCUT2D eigenvalue weighted by Crippen LogP contribution is 2.47. The maximum Gasteiger partial charge on any atom is 0.237 e. The van der Waals surface area contributed by atoms with Crippen LogP contribution in [0.3, 0.4) is 0 Å². The molecule has 1 aromatic carbocycles. The molecular weight excluding hydrogens is 245 g/mol. The maximum atomic E-state index is 12.2. The van der Waals surface area contributed by atoms with E-state index >= 15 is 0 Å². The minimum Gasteiger partial charge on any atom is -0.314 e. The molecule has 0 N–H and O–H groups in total. The Hall–Kier alpha value is -0.730. The number of anilines is 1. The summed E-state index contributed by atoms with van der Waals surface area (Å²) in [6.45, 7) is 3.92. The second kappa shape index (κ2) is 3.64. The summed E-state index contributed by atoms with van der Waals surface area (Å²) in [4.78, 5) is 13.8. The predicted molar refractivity (Wildman–Crippen MR) is 67.5 cm³/mol. The Labute approximate surface area is 105 Å². The van der Waals surface area contributed by atoms with Crippen molar-refractivity contribution in [3.05, 3.63) is 27.7 Å². The zero-order chi connectivity index (χ0) is 12.1. The molecule has 1 amide bonds. The van der Waals surface area contributed by atoms with Gasteiger partial charge in [0.1, 0.15) is 0 Å². The van der Waals surface area contributed by atoms with Gasteiger partial charge in [0.2, 0.25) is 5.91 Å². The molecule has 4 heteroatoms. The van der Waals surface area contributed by atoms with E-state index in [9.17, 15) is 4.79 Å². The van der Waals surface area contributed by atoms with Crippen LogP contribution in [-0.2, 0) is 10.2 Å². The minimum atomic E-state index is -0.522. The van der Waals surface area contributed by atoms with Gasteiger partial charge in [-0.15, -0.1) is 0 Å². The number of hydrogen-bond donors (Lipinski definition) is 0. The Kier molecular flexibility index (Phi) is 2.67. The zero-order valence-corrected chi connectivity index (χ0v) is 11.0. The smallest absolute Gasteiger partial charge is 0.237 e. The summed E-state index contributed by atoms with van der Waals surface area (Å²) in [6, 6.07) is 3.49. The molecule has 1 atom stereocenters. The maximum absolute atomic E-state index is 12.2. The zero-order valence-electron chi connectivity index (χ0n) is 9.47. The van der Waals surface area contributed by atoms with Crippen LogP contribution in [0.5, 0.6) is 0 Å². The van der Waals surface area contributed by atoms with Crippen LogP contribution < -0.4 is 4.90 Å². The molecule has 86 valence electrons. The normalized spacial score (nSPS) is 23.8. The average molecular weight is 258 g/mol.